The molecular formula is C28H49NO8. The van der Waals surface area contributed by atoms with Crippen molar-refractivity contribution in [2.45, 2.75) is 104 Å². The average Bonchev–Trinajstić information content (AvgIpc) is 2.84. The number of aliphatic hydroxyl groups excluding tert-OH is 3. The first kappa shape index (κ1) is 33.2. The van der Waals surface area contributed by atoms with Gasteiger partial charge >= 0.3 is 5.97 Å². The molecule has 0 aromatic rings. The van der Waals surface area contributed by atoms with Crippen LogP contribution in [0.25, 0.3) is 0 Å². The van der Waals surface area contributed by atoms with Gasteiger partial charge in [-0.2, -0.15) is 0 Å². The first-order valence-electron chi connectivity index (χ1n) is 13.5. The minimum Gasteiger partial charge on any atom is -0.464 e. The zero-order valence-corrected chi connectivity index (χ0v) is 23.4. The molecule has 1 rings (SSSR count). The van der Waals surface area contributed by atoms with Crippen molar-refractivity contribution in [3.8, 4) is 0 Å². The molecule has 214 valence electrons. The van der Waals surface area contributed by atoms with Crippen LogP contribution in [0.5, 0.6) is 0 Å². The molecule has 1 saturated carbocycles. The predicted octanol–water partition coefficient (Wildman–Crippen LogP) is 2.55. The number of amides is 1. The van der Waals surface area contributed by atoms with E-state index in [2.05, 4.69) is 5.32 Å². The second kappa shape index (κ2) is 16.2. The summed E-state index contributed by atoms with van der Waals surface area (Å²) >= 11 is 0. The summed E-state index contributed by atoms with van der Waals surface area (Å²) in [4.78, 5) is 38.0. The van der Waals surface area contributed by atoms with E-state index < -0.39 is 36.1 Å². The van der Waals surface area contributed by atoms with Gasteiger partial charge < -0.3 is 30.1 Å². The maximum atomic E-state index is 13.0. The smallest absolute Gasteiger partial charge is 0.308 e. The Labute approximate surface area is 222 Å². The molecular weight excluding hydrogens is 478 g/mol. The van der Waals surface area contributed by atoms with E-state index in [9.17, 15) is 29.7 Å². The molecule has 0 aromatic carbocycles. The topological polar surface area (TPSA) is 142 Å². The highest BCUT2D eigenvalue weighted by Crippen LogP contribution is 2.25. The second-order valence-electron chi connectivity index (χ2n) is 11.6. The number of ketones is 1. The minimum absolute atomic E-state index is 0.0639. The van der Waals surface area contributed by atoms with Crippen LogP contribution in [0.1, 0.15) is 79.6 Å². The molecule has 0 radical (unpaired) electrons. The van der Waals surface area contributed by atoms with Gasteiger partial charge in [-0.15, -0.1) is 0 Å². The third-order valence-corrected chi connectivity index (χ3v) is 6.53. The summed E-state index contributed by atoms with van der Waals surface area (Å²) in [5, 5.41) is 34.0. The molecule has 0 heterocycles. The first-order valence-corrected chi connectivity index (χ1v) is 13.5. The quantitative estimate of drug-likeness (QED) is 0.145. The Morgan fingerprint density at radius 1 is 1.03 bits per heavy atom. The van der Waals surface area contributed by atoms with Gasteiger partial charge in [0.1, 0.15) is 31.0 Å². The lowest BCUT2D eigenvalue weighted by molar-refractivity contribution is -0.150. The standard InChI is InChI=1S/C28H49NO8/c1-18(2)16-20(26(34)29-14-15-37-27(35)19-10-8-7-9-11-19)17-22(31)25(36-6)24(33)23(32)21(30)12-13-28(3,4)5/h12-13,18-21,23-25,30,32-33H,7-11,14-17H2,1-6H3,(H,29,34)/b13-12+/t20-,21-,23+,24-,25+/m1/s1. The van der Waals surface area contributed by atoms with Crippen molar-refractivity contribution in [2.24, 2.45) is 23.2 Å². The van der Waals surface area contributed by atoms with Gasteiger partial charge in [-0.25, -0.2) is 0 Å². The van der Waals surface area contributed by atoms with E-state index in [1.165, 1.54) is 13.2 Å². The molecule has 0 aromatic heterocycles. The fourth-order valence-electron chi connectivity index (χ4n) is 4.48. The van der Waals surface area contributed by atoms with Gasteiger partial charge in [-0.1, -0.05) is 66.0 Å². The summed E-state index contributed by atoms with van der Waals surface area (Å²) in [6.45, 7) is 9.82. The lowest BCUT2D eigenvalue weighted by Crippen LogP contribution is -2.49. The molecule has 5 atom stereocenters. The Morgan fingerprint density at radius 3 is 2.19 bits per heavy atom. The van der Waals surface area contributed by atoms with Crippen molar-refractivity contribution >= 4 is 17.7 Å². The first-order chi connectivity index (χ1) is 17.3. The summed E-state index contributed by atoms with van der Waals surface area (Å²) in [5.41, 5.74) is -0.242. The fraction of sp³-hybridized carbons (Fsp3) is 0.821. The van der Waals surface area contributed by atoms with Gasteiger partial charge in [0.15, 0.2) is 5.78 Å². The lowest BCUT2D eigenvalue weighted by Gasteiger charge is -2.28. The number of methoxy groups -OCH3 is 1. The minimum atomic E-state index is -1.68. The van der Waals surface area contributed by atoms with Crippen molar-refractivity contribution in [2.75, 3.05) is 20.3 Å². The van der Waals surface area contributed by atoms with Crippen LogP contribution >= 0.6 is 0 Å². The molecule has 1 fully saturated rings. The third kappa shape index (κ3) is 12.5. The molecule has 0 unspecified atom stereocenters. The summed E-state index contributed by atoms with van der Waals surface area (Å²) in [7, 11) is 1.23. The highest BCUT2D eigenvalue weighted by Gasteiger charge is 2.37. The fourth-order valence-corrected chi connectivity index (χ4v) is 4.48. The number of carbonyl (C=O) groups is 3. The van der Waals surface area contributed by atoms with Crippen LogP contribution in [0.3, 0.4) is 0 Å². The SMILES string of the molecule is CO[C@@H](C(=O)C[C@@H](CC(C)C)C(=O)NCCOC(=O)C1CCCCC1)[C@H](O)[C@@H](O)[C@H](O)/C=C/C(C)(C)C. The number of ether oxygens (including phenoxy) is 2. The Bertz CT molecular complexity index is 739. The Hall–Kier alpha value is -1.81. The molecule has 0 spiro atoms. The Morgan fingerprint density at radius 2 is 1.65 bits per heavy atom. The van der Waals surface area contributed by atoms with Gasteiger partial charge in [0.25, 0.3) is 0 Å². The number of aliphatic hydroxyl groups is 3. The van der Waals surface area contributed by atoms with Gasteiger partial charge in [-0.05, 0) is 30.6 Å². The van der Waals surface area contributed by atoms with Crippen LogP contribution in [0.15, 0.2) is 12.2 Å². The summed E-state index contributed by atoms with van der Waals surface area (Å²) in [6.07, 6.45) is 2.04. The van der Waals surface area contributed by atoms with Crippen molar-refractivity contribution in [3.05, 3.63) is 12.2 Å². The predicted molar refractivity (Wildman–Crippen MR) is 141 cm³/mol. The van der Waals surface area contributed by atoms with Crippen LogP contribution in [-0.4, -0.2) is 77.7 Å². The molecule has 4 N–H and O–H groups in total. The summed E-state index contributed by atoms with van der Waals surface area (Å²) in [5.74, 6) is -1.76. The van der Waals surface area contributed by atoms with E-state index in [1.807, 2.05) is 34.6 Å². The zero-order valence-electron chi connectivity index (χ0n) is 23.4. The molecule has 1 aliphatic carbocycles. The zero-order chi connectivity index (χ0) is 28.2. The number of nitrogens with one attached hydrogen (secondary N) is 1. The number of carbonyl (C=O) groups excluding carboxylic acids is 3. The summed E-state index contributed by atoms with van der Waals surface area (Å²) in [6, 6.07) is 0. The van der Waals surface area contributed by atoms with Crippen LogP contribution in [0.2, 0.25) is 0 Å². The third-order valence-electron chi connectivity index (χ3n) is 6.53. The molecule has 1 aliphatic rings. The van der Waals surface area contributed by atoms with Crippen LogP contribution in [0.4, 0.5) is 0 Å². The molecule has 0 aliphatic heterocycles. The van der Waals surface area contributed by atoms with Crippen LogP contribution < -0.4 is 5.32 Å². The maximum absolute atomic E-state index is 13.0. The van der Waals surface area contributed by atoms with Crippen molar-refractivity contribution < 1.29 is 39.2 Å². The number of hydrogen-bond acceptors (Lipinski definition) is 8. The Kier molecular flexibility index (Phi) is 14.6. The Balaban J connectivity index is 2.69. The van der Waals surface area contributed by atoms with E-state index in [1.54, 1.807) is 6.08 Å². The van der Waals surface area contributed by atoms with E-state index >= 15 is 0 Å². The van der Waals surface area contributed by atoms with E-state index in [0.29, 0.717) is 6.42 Å². The lowest BCUT2D eigenvalue weighted by atomic mass is 9.88. The van der Waals surface area contributed by atoms with E-state index in [0.717, 1.165) is 32.1 Å². The van der Waals surface area contributed by atoms with E-state index in [-0.39, 0.29) is 48.7 Å². The molecule has 0 bridgehead atoms. The van der Waals surface area contributed by atoms with Crippen LogP contribution in [0, 0.1) is 23.2 Å². The molecule has 9 nitrogen and oxygen atoms in total. The van der Waals surface area contributed by atoms with Gasteiger partial charge in [-0.3, -0.25) is 14.4 Å². The van der Waals surface area contributed by atoms with Gasteiger partial charge in [0.2, 0.25) is 5.91 Å². The largest absolute Gasteiger partial charge is 0.464 e. The highest BCUT2D eigenvalue weighted by molar-refractivity contribution is 5.89. The van der Waals surface area contributed by atoms with Crippen molar-refractivity contribution in [1.29, 1.82) is 0 Å². The number of hydrogen-bond donors (Lipinski definition) is 4. The number of rotatable bonds is 15. The average molecular weight is 528 g/mol. The number of esters is 1. The molecule has 37 heavy (non-hydrogen) atoms. The van der Waals surface area contributed by atoms with Gasteiger partial charge in [0, 0.05) is 19.4 Å². The molecule has 9 heteroatoms. The van der Waals surface area contributed by atoms with Crippen LogP contribution in [-0.2, 0) is 23.9 Å². The number of Topliss-reactive ketones (excluding diaryl/α,β-unsaturated/α-hetero) is 1. The number of allylic oxidation sites excluding steroid dienone is 1. The van der Waals surface area contributed by atoms with E-state index in [4.69, 9.17) is 9.47 Å². The normalized spacial score (nSPS) is 19.3. The van der Waals surface area contributed by atoms with Gasteiger partial charge in [0.05, 0.1) is 12.5 Å². The summed E-state index contributed by atoms with van der Waals surface area (Å²) < 4.78 is 10.5. The van der Waals surface area contributed by atoms with Crippen molar-refractivity contribution in [3.63, 3.8) is 0 Å². The van der Waals surface area contributed by atoms with Crippen molar-refractivity contribution in [1.82, 2.24) is 5.32 Å². The second-order valence-corrected chi connectivity index (χ2v) is 11.6. The molecule has 1 amide bonds. The maximum Gasteiger partial charge on any atom is 0.308 e. The molecule has 0 saturated heterocycles. The monoisotopic (exact) mass is 527 g/mol. The highest BCUT2D eigenvalue weighted by atomic mass is 16.5.